The number of hydrogen-bond donors (Lipinski definition) is 0. The van der Waals surface area contributed by atoms with Crippen molar-refractivity contribution in [3.63, 3.8) is 0 Å². The smallest absolute Gasteiger partial charge is 0.153 e. The van der Waals surface area contributed by atoms with E-state index >= 15 is 0 Å². The summed E-state index contributed by atoms with van der Waals surface area (Å²) in [6.07, 6.45) is 1.38. The Morgan fingerprint density at radius 2 is 1.30 bits per heavy atom. The second-order valence-electron chi connectivity index (χ2n) is 2.73. The summed E-state index contributed by atoms with van der Waals surface area (Å²) in [7, 11) is 0. The zero-order valence-electron chi connectivity index (χ0n) is 6.39. The van der Waals surface area contributed by atoms with Crippen molar-refractivity contribution in [2.75, 3.05) is 0 Å². The Morgan fingerprint density at radius 3 is 1.50 bits per heavy atom. The van der Waals surface area contributed by atoms with E-state index < -0.39 is 0 Å². The summed E-state index contributed by atoms with van der Waals surface area (Å²) in [6.45, 7) is 3.76. The molecule has 1 fully saturated rings. The molecule has 0 atom stereocenters. The Morgan fingerprint density at radius 1 is 1.00 bits per heavy atom. The fourth-order valence-corrected chi connectivity index (χ4v) is 1.47. The van der Waals surface area contributed by atoms with Gasteiger partial charge in [0.1, 0.15) is 0 Å². The van der Waals surface area contributed by atoms with Crippen LogP contribution in [0.1, 0.15) is 26.7 Å². The van der Waals surface area contributed by atoms with Crippen LogP contribution in [0.3, 0.4) is 0 Å². The summed E-state index contributed by atoms with van der Waals surface area (Å²) >= 11 is 0. The molecule has 0 bridgehead atoms. The maximum atomic E-state index is 11.0. The topological polar surface area (TPSA) is 34.1 Å². The summed E-state index contributed by atoms with van der Waals surface area (Å²) < 4.78 is 0. The molecule has 0 amide bonds. The lowest BCUT2D eigenvalue weighted by Gasteiger charge is -2.29. The first kappa shape index (κ1) is 7.45. The first-order valence-corrected chi connectivity index (χ1v) is 3.79. The molecule has 0 radical (unpaired) electrons. The fourth-order valence-electron chi connectivity index (χ4n) is 1.47. The van der Waals surface area contributed by atoms with Crippen LogP contribution in [0.15, 0.2) is 0 Å². The summed E-state index contributed by atoms with van der Waals surface area (Å²) in [5.41, 5.74) is 0. The molecule has 0 aliphatic heterocycles. The number of Topliss-reactive ketones (excluding diaryl/α,β-unsaturated/α-hetero) is 2. The molecule has 10 heavy (non-hydrogen) atoms. The van der Waals surface area contributed by atoms with Crippen LogP contribution in [0.2, 0.25) is 0 Å². The second-order valence-corrected chi connectivity index (χ2v) is 2.73. The van der Waals surface area contributed by atoms with Crippen LogP contribution in [-0.4, -0.2) is 11.6 Å². The Kier molecular flexibility index (Phi) is 1.88. The standard InChI is InChI=1S/C8H12O2/c1-3-5-7(9)6(4-2)8(5)10/h5-6H,3-4H2,1-2H3. The highest BCUT2D eigenvalue weighted by Gasteiger charge is 2.45. The van der Waals surface area contributed by atoms with Gasteiger partial charge in [-0.25, -0.2) is 0 Å². The lowest BCUT2D eigenvalue weighted by molar-refractivity contribution is -0.151. The SMILES string of the molecule is CCC1C(=O)C(CC)C1=O. The third-order valence-corrected chi connectivity index (χ3v) is 2.19. The third kappa shape index (κ3) is 0.789. The Labute approximate surface area is 60.6 Å². The van der Waals surface area contributed by atoms with Crippen LogP contribution < -0.4 is 0 Å². The zero-order chi connectivity index (χ0) is 7.72. The molecule has 56 valence electrons. The molecule has 0 aromatic rings. The molecule has 2 heteroatoms. The maximum absolute atomic E-state index is 11.0. The van der Waals surface area contributed by atoms with Gasteiger partial charge < -0.3 is 0 Å². The molecule has 0 N–H and O–H groups in total. The molecule has 0 unspecified atom stereocenters. The van der Waals surface area contributed by atoms with E-state index in [4.69, 9.17) is 0 Å². The normalized spacial score (nSPS) is 32.2. The van der Waals surface area contributed by atoms with Crippen LogP contribution in [0.5, 0.6) is 0 Å². The highest BCUT2D eigenvalue weighted by atomic mass is 16.2. The Hall–Kier alpha value is -0.660. The lowest BCUT2D eigenvalue weighted by Crippen LogP contribution is -2.47. The van der Waals surface area contributed by atoms with Crippen molar-refractivity contribution in [2.45, 2.75) is 26.7 Å². The second kappa shape index (κ2) is 2.52. The van der Waals surface area contributed by atoms with Gasteiger partial charge in [0, 0.05) is 0 Å². The first-order valence-electron chi connectivity index (χ1n) is 3.79. The fraction of sp³-hybridized carbons (Fsp3) is 0.750. The first-order chi connectivity index (χ1) is 4.72. The summed E-state index contributed by atoms with van der Waals surface area (Å²) in [5.74, 6) is -0.167. The van der Waals surface area contributed by atoms with Gasteiger partial charge in [-0.05, 0) is 12.8 Å². The van der Waals surface area contributed by atoms with E-state index in [1.807, 2.05) is 13.8 Å². The molecule has 1 saturated carbocycles. The molecule has 0 aromatic carbocycles. The Bertz CT molecular complexity index is 140. The van der Waals surface area contributed by atoms with Crippen molar-refractivity contribution >= 4 is 11.6 Å². The van der Waals surface area contributed by atoms with Gasteiger partial charge in [-0.3, -0.25) is 9.59 Å². The van der Waals surface area contributed by atoms with Gasteiger partial charge >= 0.3 is 0 Å². The van der Waals surface area contributed by atoms with Gasteiger partial charge in [-0.1, -0.05) is 13.8 Å². The van der Waals surface area contributed by atoms with Crippen LogP contribution in [0, 0.1) is 11.8 Å². The van der Waals surface area contributed by atoms with Gasteiger partial charge in [-0.2, -0.15) is 0 Å². The molecule has 2 nitrogen and oxygen atoms in total. The van der Waals surface area contributed by atoms with Crippen molar-refractivity contribution < 1.29 is 9.59 Å². The molecule has 1 aliphatic carbocycles. The zero-order valence-corrected chi connectivity index (χ0v) is 6.39. The highest BCUT2D eigenvalue weighted by molar-refractivity contribution is 6.23. The maximum Gasteiger partial charge on any atom is 0.153 e. The van der Waals surface area contributed by atoms with E-state index in [2.05, 4.69) is 0 Å². The van der Waals surface area contributed by atoms with Crippen molar-refractivity contribution in [3.05, 3.63) is 0 Å². The summed E-state index contributed by atoms with van der Waals surface area (Å²) in [4.78, 5) is 22.0. The number of carbonyl (C=O) groups is 2. The molecular formula is C8H12O2. The van der Waals surface area contributed by atoms with E-state index in [0.717, 1.165) is 0 Å². The number of rotatable bonds is 2. The minimum atomic E-state index is -0.245. The van der Waals surface area contributed by atoms with Crippen molar-refractivity contribution in [2.24, 2.45) is 11.8 Å². The monoisotopic (exact) mass is 140 g/mol. The highest BCUT2D eigenvalue weighted by Crippen LogP contribution is 2.29. The average molecular weight is 140 g/mol. The van der Waals surface area contributed by atoms with E-state index in [1.54, 1.807) is 0 Å². The largest absolute Gasteiger partial charge is 0.298 e. The number of hydrogen-bond acceptors (Lipinski definition) is 2. The van der Waals surface area contributed by atoms with Crippen LogP contribution >= 0.6 is 0 Å². The predicted molar refractivity (Wildman–Crippen MR) is 37.6 cm³/mol. The van der Waals surface area contributed by atoms with Crippen molar-refractivity contribution in [1.29, 1.82) is 0 Å². The number of carbonyl (C=O) groups excluding carboxylic acids is 2. The quantitative estimate of drug-likeness (QED) is 0.540. The molecule has 0 spiro atoms. The summed E-state index contributed by atoms with van der Waals surface area (Å²) in [5, 5.41) is 0. The van der Waals surface area contributed by atoms with Gasteiger partial charge in [0.05, 0.1) is 11.8 Å². The minimum absolute atomic E-state index is 0.162. The van der Waals surface area contributed by atoms with Crippen molar-refractivity contribution in [3.8, 4) is 0 Å². The Balaban J connectivity index is 2.59. The van der Waals surface area contributed by atoms with Gasteiger partial charge in [0.25, 0.3) is 0 Å². The molecule has 1 aliphatic rings. The summed E-state index contributed by atoms with van der Waals surface area (Å²) in [6, 6.07) is 0. The van der Waals surface area contributed by atoms with Crippen molar-refractivity contribution in [1.82, 2.24) is 0 Å². The molecule has 1 rings (SSSR count). The van der Waals surface area contributed by atoms with E-state index in [0.29, 0.717) is 12.8 Å². The third-order valence-electron chi connectivity index (χ3n) is 2.19. The minimum Gasteiger partial charge on any atom is -0.298 e. The number of ketones is 2. The van der Waals surface area contributed by atoms with E-state index in [9.17, 15) is 9.59 Å². The van der Waals surface area contributed by atoms with E-state index in [1.165, 1.54) is 0 Å². The average Bonchev–Trinajstić information content (AvgIpc) is 1.90. The molecule has 0 saturated heterocycles. The molecular weight excluding hydrogens is 128 g/mol. The van der Waals surface area contributed by atoms with Crippen LogP contribution in [0.25, 0.3) is 0 Å². The van der Waals surface area contributed by atoms with Gasteiger partial charge in [0.15, 0.2) is 11.6 Å². The van der Waals surface area contributed by atoms with Gasteiger partial charge in [0.2, 0.25) is 0 Å². The molecule has 0 heterocycles. The lowest BCUT2D eigenvalue weighted by atomic mass is 9.69. The van der Waals surface area contributed by atoms with Crippen LogP contribution in [0.4, 0.5) is 0 Å². The van der Waals surface area contributed by atoms with E-state index in [-0.39, 0.29) is 23.4 Å². The van der Waals surface area contributed by atoms with Crippen LogP contribution in [-0.2, 0) is 9.59 Å². The predicted octanol–water partition coefficient (Wildman–Crippen LogP) is 1.19. The van der Waals surface area contributed by atoms with Gasteiger partial charge in [-0.15, -0.1) is 0 Å². The molecule has 0 aromatic heterocycles.